The van der Waals surface area contributed by atoms with Gasteiger partial charge < -0.3 is 10.8 Å². The van der Waals surface area contributed by atoms with Crippen LogP contribution in [-0.2, 0) is 6.42 Å². The van der Waals surface area contributed by atoms with Gasteiger partial charge in [0, 0.05) is 12.6 Å². The molecule has 0 atom stereocenters. The zero-order chi connectivity index (χ0) is 8.97. The van der Waals surface area contributed by atoms with E-state index >= 15 is 0 Å². The minimum Gasteiger partial charge on any atom is -0.396 e. The fourth-order valence-electron chi connectivity index (χ4n) is 0.754. The lowest BCUT2D eigenvalue weighted by atomic mass is 10.3. The summed E-state index contributed by atoms with van der Waals surface area (Å²) in [6, 6.07) is 0. The van der Waals surface area contributed by atoms with E-state index in [2.05, 4.69) is 9.97 Å². The van der Waals surface area contributed by atoms with Crippen molar-refractivity contribution in [3.63, 3.8) is 0 Å². The number of aldehydes is 1. The van der Waals surface area contributed by atoms with Crippen molar-refractivity contribution in [2.75, 3.05) is 12.3 Å². The molecule has 3 N–H and O–H groups in total. The number of rotatable bonds is 3. The van der Waals surface area contributed by atoms with Crippen LogP contribution in [0.3, 0.4) is 0 Å². The van der Waals surface area contributed by atoms with Crippen molar-refractivity contribution in [2.24, 2.45) is 0 Å². The van der Waals surface area contributed by atoms with E-state index in [0.29, 0.717) is 18.5 Å². The number of hydrogen-bond donors (Lipinski definition) is 2. The predicted molar refractivity (Wildman–Crippen MR) is 42.6 cm³/mol. The molecule has 12 heavy (non-hydrogen) atoms. The molecule has 5 heteroatoms. The number of nitrogens with two attached hydrogens (primary N) is 1. The summed E-state index contributed by atoms with van der Waals surface area (Å²) in [4.78, 5) is 17.9. The van der Waals surface area contributed by atoms with E-state index in [4.69, 9.17) is 10.8 Å². The molecule has 0 unspecified atom stereocenters. The first-order valence-corrected chi connectivity index (χ1v) is 3.45. The van der Waals surface area contributed by atoms with Crippen molar-refractivity contribution in [2.45, 2.75) is 6.42 Å². The van der Waals surface area contributed by atoms with Crippen LogP contribution in [-0.4, -0.2) is 28.0 Å². The molecule has 0 aromatic carbocycles. The molecule has 5 nitrogen and oxygen atoms in total. The van der Waals surface area contributed by atoms with Gasteiger partial charge in [0.25, 0.3) is 0 Å². The smallest absolute Gasteiger partial charge is 0.155 e. The number of anilines is 1. The van der Waals surface area contributed by atoms with E-state index in [1.807, 2.05) is 0 Å². The number of aliphatic hydroxyl groups is 1. The molecular weight excluding hydrogens is 158 g/mol. The Kier molecular flexibility index (Phi) is 2.71. The normalized spacial score (nSPS) is 9.75. The number of aromatic nitrogens is 2. The fraction of sp³-hybridized carbons (Fsp3) is 0.286. The lowest BCUT2D eigenvalue weighted by Gasteiger charge is -1.99. The molecular formula is C7H9N3O2. The Morgan fingerprint density at radius 2 is 2.42 bits per heavy atom. The second-order valence-electron chi connectivity index (χ2n) is 2.22. The quantitative estimate of drug-likeness (QED) is 0.587. The molecule has 0 saturated carbocycles. The van der Waals surface area contributed by atoms with Crippen LogP contribution in [0.2, 0.25) is 0 Å². The Morgan fingerprint density at radius 3 is 2.92 bits per heavy atom. The number of nitrogens with zero attached hydrogens (tertiary/aromatic N) is 2. The molecule has 0 radical (unpaired) electrons. The van der Waals surface area contributed by atoms with Gasteiger partial charge in [-0.2, -0.15) is 0 Å². The van der Waals surface area contributed by atoms with Crippen molar-refractivity contribution >= 4 is 12.1 Å². The minimum atomic E-state index is -0.0279. The largest absolute Gasteiger partial charge is 0.396 e. The Balaban J connectivity index is 2.93. The summed E-state index contributed by atoms with van der Waals surface area (Å²) in [7, 11) is 0. The van der Waals surface area contributed by atoms with Crippen LogP contribution in [0.25, 0.3) is 0 Å². The monoisotopic (exact) mass is 167 g/mol. The van der Waals surface area contributed by atoms with Crippen LogP contribution in [0.15, 0.2) is 6.20 Å². The molecule has 0 aliphatic heterocycles. The molecule has 0 bridgehead atoms. The van der Waals surface area contributed by atoms with E-state index in [1.54, 1.807) is 0 Å². The van der Waals surface area contributed by atoms with E-state index in [-0.39, 0.29) is 18.0 Å². The average molecular weight is 167 g/mol. The summed E-state index contributed by atoms with van der Waals surface area (Å²) in [5.74, 6) is 0.601. The van der Waals surface area contributed by atoms with Gasteiger partial charge in [-0.05, 0) is 0 Å². The summed E-state index contributed by atoms with van der Waals surface area (Å²) in [5.41, 5.74) is 5.67. The van der Waals surface area contributed by atoms with Gasteiger partial charge in [-0.25, -0.2) is 9.97 Å². The highest BCUT2D eigenvalue weighted by Crippen LogP contribution is 2.03. The van der Waals surface area contributed by atoms with Crippen LogP contribution in [0.4, 0.5) is 5.82 Å². The minimum absolute atomic E-state index is 0.0279. The summed E-state index contributed by atoms with van der Waals surface area (Å²) in [5, 5.41) is 8.55. The van der Waals surface area contributed by atoms with Crippen LogP contribution in [0.1, 0.15) is 16.2 Å². The van der Waals surface area contributed by atoms with Crippen LogP contribution < -0.4 is 5.73 Å². The Hall–Kier alpha value is -1.49. The number of hydrogen-bond acceptors (Lipinski definition) is 5. The molecule has 0 aliphatic rings. The highest BCUT2D eigenvalue weighted by Gasteiger charge is 2.01. The highest BCUT2D eigenvalue weighted by atomic mass is 16.3. The molecule has 1 rings (SSSR count). The number of carbonyl (C=O) groups is 1. The SMILES string of the molecule is Nc1nc(CCO)ncc1C=O. The first-order valence-electron chi connectivity index (χ1n) is 3.45. The topological polar surface area (TPSA) is 89.1 Å². The third-order valence-corrected chi connectivity index (χ3v) is 1.36. The van der Waals surface area contributed by atoms with Crippen molar-refractivity contribution in [3.05, 3.63) is 17.6 Å². The maximum atomic E-state index is 10.3. The Labute approximate surface area is 69.3 Å². The van der Waals surface area contributed by atoms with Crippen molar-refractivity contribution in [1.29, 1.82) is 0 Å². The van der Waals surface area contributed by atoms with E-state index < -0.39 is 0 Å². The molecule has 1 aromatic rings. The molecule has 64 valence electrons. The molecule has 0 spiro atoms. The zero-order valence-corrected chi connectivity index (χ0v) is 6.40. The van der Waals surface area contributed by atoms with E-state index in [0.717, 1.165) is 0 Å². The Morgan fingerprint density at radius 1 is 1.67 bits per heavy atom. The molecule has 0 aliphatic carbocycles. The van der Waals surface area contributed by atoms with Gasteiger partial charge in [0.1, 0.15) is 11.6 Å². The van der Waals surface area contributed by atoms with Gasteiger partial charge in [-0.15, -0.1) is 0 Å². The van der Waals surface area contributed by atoms with Gasteiger partial charge in [0.15, 0.2) is 6.29 Å². The zero-order valence-electron chi connectivity index (χ0n) is 6.40. The van der Waals surface area contributed by atoms with Gasteiger partial charge in [0.2, 0.25) is 0 Å². The first kappa shape index (κ1) is 8.61. The van der Waals surface area contributed by atoms with Crippen LogP contribution >= 0.6 is 0 Å². The molecule has 0 fully saturated rings. The first-order chi connectivity index (χ1) is 5.77. The van der Waals surface area contributed by atoms with Gasteiger partial charge in [0.05, 0.1) is 12.2 Å². The fourth-order valence-corrected chi connectivity index (χ4v) is 0.754. The van der Waals surface area contributed by atoms with Crippen LogP contribution in [0, 0.1) is 0 Å². The summed E-state index contributed by atoms with van der Waals surface area (Å²) < 4.78 is 0. The van der Waals surface area contributed by atoms with Crippen molar-refractivity contribution < 1.29 is 9.90 Å². The second-order valence-corrected chi connectivity index (χ2v) is 2.22. The standard InChI is InChI=1S/C7H9N3O2/c8-7-5(4-12)3-9-6(10-7)1-2-11/h3-4,11H,1-2H2,(H2,8,9,10). The predicted octanol–water partition coefficient (Wildman–Crippen LogP) is -0.594. The molecule has 0 amide bonds. The molecule has 1 heterocycles. The van der Waals surface area contributed by atoms with Gasteiger partial charge in [-0.3, -0.25) is 4.79 Å². The lowest BCUT2D eigenvalue weighted by Crippen LogP contribution is -2.04. The summed E-state index contributed by atoms with van der Waals surface area (Å²) in [6.45, 7) is -0.0279. The average Bonchev–Trinajstić information content (AvgIpc) is 2.05. The summed E-state index contributed by atoms with van der Waals surface area (Å²) >= 11 is 0. The molecule has 1 aromatic heterocycles. The maximum Gasteiger partial charge on any atom is 0.155 e. The van der Waals surface area contributed by atoms with Gasteiger partial charge in [-0.1, -0.05) is 0 Å². The third-order valence-electron chi connectivity index (χ3n) is 1.36. The van der Waals surface area contributed by atoms with Crippen molar-refractivity contribution in [3.8, 4) is 0 Å². The number of nitrogen functional groups attached to an aromatic ring is 1. The van der Waals surface area contributed by atoms with E-state index in [1.165, 1.54) is 6.20 Å². The number of aliphatic hydroxyl groups excluding tert-OH is 1. The van der Waals surface area contributed by atoms with Gasteiger partial charge >= 0.3 is 0 Å². The van der Waals surface area contributed by atoms with E-state index in [9.17, 15) is 4.79 Å². The highest BCUT2D eigenvalue weighted by molar-refractivity contribution is 5.80. The third kappa shape index (κ3) is 1.76. The van der Waals surface area contributed by atoms with Crippen molar-refractivity contribution in [1.82, 2.24) is 9.97 Å². The second kappa shape index (κ2) is 3.77. The number of carbonyl (C=O) groups excluding carboxylic acids is 1. The summed E-state index contributed by atoms with van der Waals surface area (Å²) in [6.07, 6.45) is 2.29. The Bertz CT molecular complexity index is 288. The lowest BCUT2D eigenvalue weighted by molar-refractivity contribution is 0.112. The maximum absolute atomic E-state index is 10.3. The molecule has 0 saturated heterocycles. The van der Waals surface area contributed by atoms with Crippen LogP contribution in [0.5, 0.6) is 0 Å².